The second-order valence-corrected chi connectivity index (χ2v) is 8.74. The van der Waals surface area contributed by atoms with Crippen LogP contribution in [0, 0.1) is 5.92 Å². The van der Waals surface area contributed by atoms with Crippen molar-refractivity contribution in [1.82, 2.24) is 4.98 Å². The Kier molecular flexibility index (Phi) is 5.72. The Morgan fingerprint density at radius 3 is 2.50 bits per heavy atom. The van der Waals surface area contributed by atoms with E-state index < -0.39 is 41.4 Å². The third kappa shape index (κ3) is 3.97. The summed E-state index contributed by atoms with van der Waals surface area (Å²) in [7, 11) is 0. The molecule has 0 aliphatic carbocycles. The molecule has 0 spiro atoms. The molecule has 1 aromatic heterocycles. The molecule has 0 bridgehead atoms. The van der Waals surface area contributed by atoms with Crippen LogP contribution in [0.2, 0.25) is 0 Å². The zero-order valence-electron chi connectivity index (χ0n) is 17.0. The number of amides is 1. The molecule has 32 heavy (non-hydrogen) atoms. The Bertz CT molecular complexity index is 1070. The van der Waals surface area contributed by atoms with E-state index in [0.717, 1.165) is 16.4 Å². The Morgan fingerprint density at radius 2 is 1.88 bits per heavy atom. The van der Waals surface area contributed by atoms with Crippen LogP contribution in [-0.4, -0.2) is 46.7 Å². The smallest absolute Gasteiger partial charge is 0.401 e. The monoisotopic (exact) mass is 465 g/mol. The predicted molar refractivity (Wildman–Crippen MR) is 116 cm³/mol. The summed E-state index contributed by atoms with van der Waals surface area (Å²) in [5.41, 5.74) is 9.33. The quantitative estimate of drug-likeness (QED) is 0.642. The van der Waals surface area contributed by atoms with Crippen LogP contribution in [0.3, 0.4) is 0 Å². The fourth-order valence-corrected chi connectivity index (χ4v) is 5.00. The highest BCUT2D eigenvalue weighted by atomic mass is 32.1. The Balaban J connectivity index is 1.53. The number of alkyl halides is 3. The number of carbonyl (C=O) groups excluding carboxylic acids is 1. The van der Waals surface area contributed by atoms with Crippen molar-refractivity contribution < 1.29 is 23.1 Å². The SMILES string of the molecule is NC1=NC(=O)CC(O)(C(F)(F)F)C1=C(N)C1CCN(c2nc(-c3ccccc3)cs2)CC1. The number of thiazole rings is 1. The molecule has 2 aromatic rings. The molecule has 1 unspecified atom stereocenters. The molecular weight excluding hydrogens is 443 g/mol. The topological polar surface area (TPSA) is 118 Å². The van der Waals surface area contributed by atoms with Crippen molar-refractivity contribution >= 4 is 28.2 Å². The standard InChI is InChI=1S/C21H22F3N5O2S/c22-21(23,24)20(31)10-15(30)28-18(26)16(20)17(25)13-6-8-29(9-7-13)19-27-14(11-32-19)12-4-2-1-3-5-12/h1-5,11,13,31H,6-10,25H2,(H2,26,28,30). The Morgan fingerprint density at radius 1 is 1.22 bits per heavy atom. The summed E-state index contributed by atoms with van der Waals surface area (Å²) in [6.45, 7) is 1.06. The average molecular weight is 466 g/mol. The van der Waals surface area contributed by atoms with Crippen LogP contribution >= 0.6 is 11.3 Å². The molecular formula is C21H22F3N5O2S. The van der Waals surface area contributed by atoms with Crippen molar-refractivity contribution in [2.45, 2.75) is 31.0 Å². The fraction of sp³-hybridized carbons (Fsp3) is 0.381. The largest absolute Gasteiger partial charge is 0.422 e. The number of hydrogen-bond donors (Lipinski definition) is 3. The van der Waals surface area contributed by atoms with Gasteiger partial charge in [0, 0.05) is 35.6 Å². The number of allylic oxidation sites excluding steroid dienone is 1. The number of nitrogens with zero attached hydrogens (tertiary/aromatic N) is 3. The zero-order valence-corrected chi connectivity index (χ0v) is 17.8. The van der Waals surface area contributed by atoms with E-state index in [-0.39, 0.29) is 5.70 Å². The van der Waals surface area contributed by atoms with E-state index in [1.807, 2.05) is 35.7 Å². The maximum Gasteiger partial charge on any atom is 0.422 e. The molecule has 1 amide bonds. The summed E-state index contributed by atoms with van der Waals surface area (Å²) in [4.78, 5) is 21.7. The van der Waals surface area contributed by atoms with Gasteiger partial charge in [-0.3, -0.25) is 4.79 Å². The molecule has 7 nitrogen and oxygen atoms in total. The normalized spacial score (nSPS) is 24.4. The predicted octanol–water partition coefficient (Wildman–Crippen LogP) is 2.82. The van der Waals surface area contributed by atoms with Crippen LogP contribution in [0.1, 0.15) is 19.3 Å². The van der Waals surface area contributed by atoms with Crippen LogP contribution in [0.4, 0.5) is 18.3 Å². The lowest BCUT2D eigenvalue weighted by Gasteiger charge is -2.38. The van der Waals surface area contributed by atoms with Crippen molar-refractivity contribution in [2.75, 3.05) is 18.0 Å². The van der Waals surface area contributed by atoms with Gasteiger partial charge in [-0.05, 0) is 12.8 Å². The molecule has 11 heteroatoms. The van der Waals surface area contributed by atoms with Crippen molar-refractivity contribution in [3.63, 3.8) is 0 Å². The number of anilines is 1. The van der Waals surface area contributed by atoms with Gasteiger partial charge in [-0.15, -0.1) is 11.3 Å². The Hall–Kier alpha value is -2.92. The first-order chi connectivity index (χ1) is 15.1. The van der Waals surface area contributed by atoms with E-state index in [9.17, 15) is 23.1 Å². The third-order valence-electron chi connectivity index (χ3n) is 5.85. The van der Waals surface area contributed by atoms with Crippen LogP contribution in [0.5, 0.6) is 0 Å². The number of halogens is 3. The lowest BCUT2D eigenvalue weighted by molar-refractivity contribution is -0.244. The minimum absolute atomic E-state index is 0.165. The first kappa shape index (κ1) is 22.3. The number of nitrogens with two attached hydrogens (primary N) is 2. The summed E-state index contributed by atoms with van der Waals surface area (Å²) in [5, 5.41) is 13.2. The number of aromatic nitrogens is 1. The van der Waals surface area contributed by atoms with E-state index in [1.54, 1.807) is 0 Å². The second kappa shape index (κ2) is 8.21. The molecule has 1 aromatic carbocycles. The lowest BCUT2D eigenvalue weighted by Crippen LogP contribution is -2.55. The van der Waals surface area contributed by atoms with Gasteiger partial charge in [0.2, 0.25) is 0 Å². The van der Waals surface area contributed by atoms with Gasteiger partial charge >= 0.3 is 6.18 Å². The van der Waals surface area contributed by atoms with E-state index in [2.05, 4.69) is 14.9 Å². The maximum atomic E-state index is 13.7. The third-order valence-corrected chi connectivity index (χ3v) is 6.75. The minimum Gasteiger partial charge on any atom is -0.401 e. The van der Waals surface area contributed by atoms with E-state index in [0.29, 0.717) is 25.9 Å². The van der Waals surface area contributed by atoms with Crippen molar-refractivity contribution in [2.24, 2.45) is 22.4 Å². The fourth-order valence-electron chi connectivity index (χ4n) is 4.11. The van der Waals surface area contributed by atoms with Gasteiger partial charge in [-0.1, -0.05) is 30.3 Å². The molecule has 1 atom stereocenters. The molecule has 1 fully saturated rings. The van der Waals surface area contributed by atoms with Gasteiger partial charge < -0.3 is 21.5 Å². The number of carbonyl (C=O) groups is 1. The van der Waals surface area contributed by atoms with E-state index in [4.69, 9.17) is 11.5 Å². The van der Waals surface area contributed by atoms with Crippen molar-refractivity contribution in [1.29, 1.82) is 0 Å². The number of aliphatic hydroxyl groups is 1. The summed E-state index contributed by atoms with van der Waals surface area (Å²) in [5.74, 6) is -2.24. The van der Waals surface area contributed by atoms with Gasteiger partial charge in [0.1, 0.15) is 5.84 Å². The van der Waals surface area contributed by atoms with Gasteiger partial charge in [-0.25, -0.2) is 4.98 Å². The molecule has 4 rings (SSSR count). The van der Waals surface area contributed by atoms with E-state index in [1.165, 1.54) is 11.3 Å². The van der Waals surface area contributed by atoms with E-state index >= 15 is 0 Å². The first-order valence-corrected chi connectivity index (χ1v) is 10.9. The molecule has 3 heterocycles. The molecule has 2 aliphatic rings. The van der Waals surface area contributed by atoms with Crippen LogP contribution in [0.15, 0.2) is 52.0 Å². The van der Waals surface area contributed by atoms with Gasteiger partial charge in [0.15, 0.2) is 10.7 Å². The summed E-state index contributed by atoms with van der Waals surface area (Å²) < 4.78 is 41.0. The summed E-state index contributed by atoms with van der Waals surface area (Å²) >= 11 is 1.50. The number of amidine groups is 1. The molecule has 1 saturated heterocycles. The minimum atomic E-state index is -5.11. The number of benzene rings is 1. The highest BCUT2D eigenvalue weighted by Crippen LogP contribution is 2.43. The van der Waals surface area contributed by atoms with Crippen molar-refractivity contribution in [3.05, 3.63) is 47.0 Å². The summed E-state index contributed by atoms with van der Waals surface area (Å²) in [6, 6.07) is 9.75. The number of rotatable bonds is 3. The van der Waals surface area contributed by atoms with Gasteiger partial charge in [0.25, 0.3) is 5.91 Å². The lowest BCUT2D eigenvalue weighted by atomic mass is 9.80. The van der Waals surface area contributed by atoms with Crippen molar-refractivity contribution in [3.8, 4) is 11.3 Å². The molecule has 170 valence electrons. The second-order valence-electron chi connectivity index (χ2n) is 7.90. The van der Waals surface area contributed by atoms with Gasteiger partial charge in [-0.2, -0.15) is 18.2 Å². The summed E-state index contributed by atoms with van der Waals surface area (Å²) in [6.07, 6.45) is -5.44. The molecule has 2 aliphatic heterocycles. The average Bonchev–Trinajstić information content (AvgIpc) is 3.23. The number of aliphatic imine (C=N–C) groups is 1. The first-order valence-electron chi connectivity index (χ1n) is 10.0. The van der Waals surface area contributed by atoms with Gasteiger partial charge in [0.05, 0.1) is 17.7 Å². The maximum absolute atomic E-state index is 13.7. The molecule has 5 N–H and O–H groups in total. The van der Waals surface area contributed by atoms with Crippen LogP contribution in [0.25, 0.3) is 11.3 Å². The highest BCUT2D eigenvalue weighted by molar-refractivity contribution is 7.14. The number of hydrogen-bond acceptors (Lipinski definition) is 7. The zero-order chi connectivity index (χ0) is 23.1. The molecule has 0 saturated carbocycles. The number of piperidine rings is 1. The highest BCUT2D eigenvalue weighted by Gasteiger charge is 2.60. The molecule has 0 radical (unpaired) electrons. The van der Waals surface area contributed by atoms with Crippen LogP contribution < -0.4 is 16.4 Å². The van der Waals surface area contributed by atoms with Crippen LogP contribution in [-0.2, 0) is 4.79 Å². The Labute approximate surface area is 186 Å².